The van der Waals surface area contributed by atoms with E-state index in [-0.39, 0.29) is 11.9 Å². The van der Waals surface area contributed by atoms with Gasteiger partial charge in [-0.3, -0.25) is 9.78 Å². The Hall–Kier alpha value is -1.88. The van der Waals surface area contributed by atoms with Crippen LogP contribution in [-0.4, -0.2) is 18.0 Å². The Bertz CT molecular complexity index is 602. The molecule has 1 aromatic carbocycles. The van der Waals surface area contributed by atoms with Crippen molar-refractivity contribution < 1.29 is 9.53 Å². The molecule has 2 aromatic rings. The molecule has 5 heteroatoms. The summed E-state index contributed by atoms with van der Waals surface area (Å²) >= 11 is 3.35. The highest BCUT2D eigenvalue weighted by Crippen LogP contribution is 2.24. The van der Waals surface area contributed by atoms with Gasteiger partial charge in [0.05, 0.1) is 18.7 Å². The lowest BCUT2D eigenvalue weighted by Crippen LogP contribution is -2.27. The summed E-state index contributed by atoms with van der Waals surface area (Å²) in [6.45, 7) is 1.92. The second-order valence-corrected chi connectivity index (χ2v) is 5.24. The maximum Gasteiger partial charge on any atom is 0.255 e. The smallest absolute Gasteiger partial charge is 0.255 e. The molecule has 1 aromatic heterocycles. The molecule has 0 saturated heterocycles. The van der Waals surface area contributed by atoms with E-state index >= 15 is 0 Å². The van der Waals surface area contributed by atoms with E-state index in [0.29, 0.717) is 11.3 Å². The van der Waals surface area contributed by atoms with Crippen LogP contribution in [0.3, 0.4) is 0 Å². The van der Waals surface area contributed by atoms with Crippen molar-refractivity contribution in [2.24, 2.45) is 0 Å². The van der Waals surface area contributed by atoms with Crippen LogP contribution in [0.5, 0.6) is 5.75 Å². The summed E-state index contributed by atoms with van der Waals surface area (Å²) in [5, 5.41) is 2.93. The first-order chi connectivity index (χ1) is 9.61. The lowest BCUT2D eigenvalue weighted by atomic mass is 10.1. The number of benzene rings is 1. The van der Waals surface area contributed by atoms with Crippen LogP contribution in [0.15, 0.2) is 47.2 Å². The van der Waals surface area contributed by atoms with Gasteiger partial charge in [-0.25, -0.2) is 0 Å². The zero-order chi connectivity index (χ0) is 14.5. The van der Waals surface area contributed by atoms with E-state index in [1.165, 1.54) is 0 Å². The van der Waals surface area contributed by atoms with E-state index < -0.39 is 0 Å². The molecule has 4 nitrogen and oxygen atoms in total. The Morgan fingerprint density at radius 2 is 2.20 bits per heavy atom. The first-order valence-electron chi connectivity index (χ1n) is 6.16. The normalized spacial score (nSPS) is 11.8. The number of nitrogens with zero attached hydrogens (tertiary/aromatic N) is 1. The molecular weight excluding hydrogens is 320 g/mol. The maximum atomic E-state index is 12.3. The summed E-state index contributed by atoms with van der Waals surface area (Å²) in [6.07, 6.45) is 3.44. The Labute approximate surface area is 126 Å². The lowest BCUT2D eigenvalue weighted by Gasteiger charge is -2.15. The van der Waals surface area contributed by atoms with E-state index in [4.69, 9.17) is 4.74 Å². The predicted molar refractivity (Wildman–Crippen MR) is 80.8 cm³/mol. The molecule has 0 radical (unpaired) electrons. The van der Waals surface area contributed by atoms with Crippen molar-refractivity contribution in [1.82, 2.24) is 10.3 Å². The van der Waals surface area contributed by atoms with Gasteiger partial charge in [0.25, 0.3) is 5.91 Å². The lowest BCUT2D eigenvalue weighted by molar-refractivity contribution is 0.0937. The number of hydrogen-bond donors (Lipinski definition) is 1. The highest BCUT2D eigenvalue weighted by Gasteiger charge is 2.15. The molecule has 104 valence electrons. The Kier molecular flexibility index (Phi) is 4.74. The van der Waals surface area contributed by atoms with Crippen LogP contribution in [0.25, 0.3) is 0 Å². The molecule has 0 fully saturated rings. The van der Waals surface area contributed by atoms with E-state index in [1.54, 1.807) is 31.6 Å². The minimum atomic E-state index is -0.175. The average Bonchev–Trinajstić information content (AvgIpc) is 2.47. The van der Waals surface area contributed by atoms with Crippen molar-refractivity contribution in [2.45, 2.75) is 13.0 Å². The first-order valence-corrected chi connectivity index (χ1v) is 6.95. The van der Waals surface area contributed by atoms with Crippen LogP contribution >= 0.6 is 15.9 Å². The molecule has 0 aliphatic carbocycles. The zero-order valence-electron chi connectivity index (χ0n) is 11.3. The molecule has 20 heavy (non-hydrogen) atoms. The molecule has 1 amide bonds. The van der Waals surface area contributed by atoms with E-state index in [2.05, 4.69) is 26.2 Å². The number of nitrogens with one attached hydrogen (secondary N) is 1. The van der Waals surface area contributed by atoms with Crippen molar-refractivity contribution in [1.29, 1.82) is 0 Å². The molecule has 0 spiro atoms. The van der Waals surface area contributed by atoms with Crippen LogP contribution < -0.4 is 10.1 Å². The monoisotopic (exact) mass is 334 g/mol. The standard InChI is InChI=1S/C15H15BrN2O2/c1-10(11-4-3-7-17-9-11)18-15(19)13-6-5-12(16)8-14(13)20-2/h3-10H,1-2H3,(H,18,19). The van der Waals surface area contributed by atoms with E-state index in [0.717, 1.165) is 10.0 Å². The van der Waals surface area contributed by atoms with Gasteiger partial charge in [-0.1, -0.05) is 22.0 Å². The number of methoxy groups -OCH3 is 1. The quantitative estimate of drug-likeness (QED) is 0.932. The van der Waals surface area contributed by atoms with Gasteiger partial charge in [-0.05, 0) is 36.8 Å². The number of aromatic nitrogens is 1. The summed E-state index contributed by atoms with van der Waals surface area (Å²) in [4.78, 5) is 16.3. The largest absolute Gasteiger partial charge is 0.496 e. The number of rotatable bonds is 4. The van der Waals surface area contributed by atoms with Gasteiger partial charge in [0, 0.05) is 16.9 Å². The molecule has 0 saturated carbocycles. The number of halogens is 1. The Morgan fingerprint density at radius 3 is 2.85 bits per heavy atom. The van der Waals surface area contributed by atoms with Crippen LogP contribution in [-0.2, 0) is 0 Å². The van der Waals surface area contributed by atoms with Gasteiger partial charge in [0.1, 0.15) is 5.75 Å². The third-order valence-corrected chi connectivity index (χ3v) is 3.43. The molecule has 1 atom stereocenters. The number of carbonyl (C=O) groups excluding carboxylic acids is 1. The van der Waals surface area contributed by atoms with Crippen LogP contribution in [0.4, 0.5) is 0 Å². The molecule has 1 unspecified atom stereocenters. The predicted octanol–water partition coefficient (Wildman–Crippen LogP) is 3.34. The molecule has 2 rings (SSSR count). The fourth-order valence-corrected chi connectivity index (χ4v) is 2.18. The van der Waals surface area contributed by atoms with Crippen molar-refractivity contribution in [3.63, 3.8) is 0 Å². The SMILES string of the molecule is COc1cc(Br)ccc1C(=O)NC(C)c1cccnc1. The average molecular weight is 335 g/mol. The molecule has 1 N–H and O–H groups in total. The molecule has 1 heterocycles. The minimum Gasteiger partial charge on any atom is -0.496 e. The van der Waals surface area contributed by atoms with Crippen molar-refractivity contribution in [3.05, 3.63) is 58.3 Å². The Balaban J connectivity index is 2.16. The van der Waals surface area contributed by atoms with Crippen LogP contribution in [0.1, 0.15) is 28.9 Å². The topological polar surface area (TPSA) is 51.2 Å². The van der Waals surface area contributed by atoms with Crippen molar-refractivity contribution >= 4 is 21.8 Å². The van der Waals surface area contributed by atoms with Gasteiger partial charge in [-0.15, -0.1) is 0 Å². The molecular formula is C15H15BrN2O2. The van der Waals surface area contributed by atoms with E-state index in [1.807, 2.05) is 25.1 Å². The number of ether oxygens (including phenoxy) is 1. The van der Waals surface area contributed by atoms with Crippen molar-refractivity contribution in [2.75, 3.05) is 7.11 Å². The minimum absolute atomic E-state index is 0.121. The zero-order valence-corrected chi connectivity index (χ0v) is 12.8. The summed E-state index contributed by atoms with van der Waals surface area (Å²) in [7, 11) is 1.54. The number of carbonyl (C=O) groups is 1. The van der Waals surface area contributed by atoms with Gasteiger partial charge in [0.2, 0.25) is 0 Å². The van der Waals surface area contributed by atoms with Gasteiger partial charge in [0.15, 0.2) is 0 Å². The number of pyridine rings is 1. The van der Waals surface area contributed by atoms with Crippen molar-refractivity contribution in [3.8, 4) is 5.75 Å². The summed E-state index contributed by atoms with van der Waals surface area (Å²) in [6, 6.07) is 8.96. The van der Waals surface area contributed by atoms with Gasteiger partial charge < -0.3 is 10.1 Å². The summed E-state index contributed by atoms with van der Waals surface area (Å²) in [5.41, 5.74) is 1.46. The highest BCUT2D eigenvalue weighted by molar-refractivity contribution is 9.10. The third kappa shape index (κ3) is 3.36. The molecule has 0 aliphatic rings. The van der Waals surface area contributed by atoms with Gasteiger partial charge in [-0.2, -0.15) is 0 Å². The van der Waals surface area contributed by atoms with Crippen LogP contribution in [0, 0.1) is 0 Å². The fraction of sp³-hybridized carbons (Fsp3) is 0.200. The van der Waals surface area contributed by atoms with Crippen LogP contribution in [0.2, 0.25) is 0 Å². The summed E-state index contributed by atoms with van der Waals surface area (Å²) in [5.74, 6) is 0.362. The highest BCUT2D eigenvalue weighted by atomic mass is 79.9. The second-order valence-electron chi connectivity index (χ2n) is 4.33. The molecule has 0 aliphatic heterocycles. The van der Waals surface area contributed by atoms with Gasteiger partial charge >= 0.3 is 0 Å². The fourth-order valence-electron chi connectivity index (χ4n) is 1.84. The van der Waals surface area contributed by atoms with E-state index in [9.17, 15) is 4.79 Å². The summed E-state index contributed by atoms with van der Waals surface area (Å²) < 4.78 is 6.10. The number of hydrogen-bond acceptors (Lipinski definition) is 3. The molecule has 0 bridgehead atoms. The number of amides is 1. The Morgan fingerprint density at radius 1 is 1.40 bits per heavy atom. The third-order valence-electron chi connectivity index (χ3n) is 2.94. The maximum absolute atomic E-state index is 12.3. The first kappa shape index (κ1) is 14.5. The second kappa shape index (κ2) is 6.52.